The van der Waals surface area contributed by atoms with Crippen LogP contribution in [0.25, 0.3) is 0 Å². The summed E-state index contributed by atoms with van der Waals surface area (Å²) < 4.78 is 18.1. The van der Waals surface area contributed by atoms with Crippen molar-refractivity contribution in [1.29, 1.82) is 0 Å². The Balaban J connectivity index is 1.84. The van der Waals surface area contributed by atoms with Gasteiger partial charge in [-0.2, -0.15) is 0 Å². The van der Waals surface area contributed by atoms with Gasteiger partial charge in [0.2, 0.25) is 0 Å². The first-order valence-corrected chi connectivity index (χ1v) is 7.00. The van der Waals surface area contributed by atoms with Gasteiger partial charge in [-0.15, -0.1) is 0 Å². The Hall–Kier alpha value is -2.40. The lowest BCUT2D eigenvalue weighted by atomic mass is 10.1. The molecule has 114 valence electrons. The van der Waals surface area contributed by atoms with Crippen LogP contribution in [0.5, 0.6) is 5.75 Å². The first kappa shape index (κ1) is 14.5. The average Bonchev–Trinajstić information content (AvgIpc) is 2.83. The van der Waals surface area contributed by atoms with E-state index in [0.29, 0.717) is 17.7 Å². The minimum absolute atomic E-state index is 0.347. The van der Waals surface area contributed by atoms with Gasteiger partial charge in [0.15, 0.2) is 0 Å². The molecule has 22 heavy (non-hydrogen) atoms. The molecule has 5 heteroatoms. The van der Waals surface area contributed by atoms with Gasteiger partial charge < -0.3 is 15.2 Å². The van der Waals surface area contributed by atoms with Crippen molar-refractivity contribution in [2.24, 2.45) is 0 Å². The topological polar surface area (TPSA) is 58.6 Å². The van der Waals surface area contributed by atoms with Gasteiger partial charge in [0.1, 0.15) is 11.6 Å². The van der Waals surface area contributed by atoms with E-state index in [1.807, 2.05) is 18.2 Å². The summed E-state index contributed by atoms with van der Waals surface area (Å²) in [4.78, 5) is 12.2. The van der Waals surface area contributed by atoms with Crippen LogP contribution in [0.4, 0.5) is 4.39 Å². The quantitative estimate of drug-likeness (QED) is 0.914. The number of fused-ring (bicyclic) bond motifs is 1. The maximum atomic E-state index is 12.9. The molecule has 4 nitrogen and oxygen atoms in total. The van der Waals surface area contributed by atoms with E-state index >= 15 is 0 Å². The summed E-state index contributed by atoms with van der Waals surface area (Å²) in [6, 6.07) is 10.3. The van der Waals surface area contributed by atoms with Gasteiger partial charge in [-0.3, -0.25) is 4.79 Å². The molecule has 2 N–H and O–H groups in total. The number of nitrogens with one attached hydrogen (secondary N) is 1. The Kier molecular flexibility index (Phi) is 3.81. The molecule has 0 bridgehead atoms. The molecule has 1 aliphatic rings. The van der Waals surface area contributed by atoms with Crippen LogP contribution in [-0.2, 0) is 6.42 Å². The molecule has 0 unspecified atom stereocenters. The van der Waals surface area contributed by atoms with Crippen molar-refractivity contribution in [3.63, 3.8) is 0 Å². The van der Waals surface area contributed by atoms with Crippen LogP contribution in [0.2, 0.25) is 0 Å². The minimum Gasteiger partial charge on any atom is -0.497 e. The second kappa shape index (κ2) is 5.77. The van der Waals surface area contributed by atoms with Crippen LogP contribution in [-0.4, -0.2) is 24.2 Å². The normalized spacial score (nSPS) is 19.6. The van der Waals surface area contributed by atoms with Crippen molar-refractivity contribution in [2.75, 3.05) is 7.11 Å². The zero-order valence-corrected chi connectivity index (χ0v) is 12.0. The van der Waals surface area contributed by atoms with Crippen molar-refractivity contribution in [3.05, 3.63) is 65.0 Å². The molecule has 1 aliphatic carbocycles. The Morgan fingerprint density at radius 1 is 1.27 bits per heavy atom. The summed E-state index contributed by atoms with van der Waals surface area (Å²) in [5.41, 5.74) is 2.19. The number of aliphatic hydroxyl groups is 1. The second-order valence-corrected chi connectivity index (χ2v) is 5.29. The van der Waals surface area contributed by atoms with Gasteiger partial charge in [-0.1, -0.05) is 6.07 Å². The van der Waals surface area contributed by atoms with Crippen LogP contribution < -0.4 is 10.1 Å². The number of ether oxygens (including phenoxy) is 1. The largest absolute Gasteiger partial charge is 0.497 e. The Labute approximate surface area is 127 Å². The molecular formula is C17H16FNO3. The molecule has 1 amide bonds. The maximum absolute atomic E-state index is 12.9. The summed E-state index contributed by atoms with van der Waals surface area (Å²) in [7, 11) is 1.57. The molecule has 2 aromatic rings. The SMILES string of the molecule is COc1ccc2c(c1)[C@@H](NC(=O)c1ccc(F)cc1)[C@@H](O)C2. The number of hydrogen-bond donors (Lipinski definition) is 2. The Bertz CT molecular complexity index is 700. The second-order valence-electron chi connectivity index (χ2n) is 5.29. The first-order chi connectivity index (χ1) is 10.6. The minimum atomic E-state index is -0.688. The summed E-state index contributed by atoms with van der Waals surface area (Å²) in [5, 5.41) is 13.0. The molecular weight excluding hydrogens is 285 g/mol. The molecule has 0 saturated heterocycles. The summed E-state index contributed by atoms with van der Waals surface area (Å²) in [5.74, 6) is -0.0684. The van der Waals surface area contributed by atoms with E-state index in [-0.39, 0.29) is 5.91 Å². The van der Waals surface area contributed by atoms with Crippen LogP contribution in [0.3, 0.4) is 0 Å². The molecule has 0 saturated carbocycles. The highest BCUT2D eigenvalue weighted by atomic mass is 19.1. The molecule has 2 aromatic carbocycles. The van der Waals surface area contributed by atoms with Gasteiger partial charge in [0, 0.05) is 12.0 Å². The zero-order chi connectivity index (χ0) is 15.7. The molecule has 2 atom stereocenters. The van der Waals surface area contributed by atoms with Gasteiger partial charge in [-0.05, 0) is 47.5 Å². The summed E-state index contributed by atoms with van der Waals surface area (Å²) in [6.45, 7) is 0. The van der Waals surface area contributed by atoms with Crippen molar-refractivity contribution >= 4 is 5.91 Å². The number of carbonyl (C=O) groups is 1. The highest BCUT2D eigenvalue weighted by molar-refractivity contribution is 5.94. The number of methoxy groups -OCH3 is 1. The van der Waals surface area contributed by atoms with Crippen molar-refractivity contribution in [1.82, 2.24) is 5.32 Å². The van der Waals surface area contributed by atoms with E-state index in [1.54, 1.807) is 7.11 Å². The number of hydrogen-bond acceptors (Lipinski definition) is 3. The predicted molar refractivity (Wildman–Crippen MR) is 79.3 cm³/mol. The fourth-order valence-corrected chi connectivity index (χ4v) is 2.73. The fourth-order valence-electron chi connectivity index (χ4n) is 2.73. The van der Waals surface area contributed by atoms with Crippen molar-refractivity contribution in [2.45, 2.75) is 18.6 Å². The summed E-state index contributed by atoms with van der Waals surface area (Å²) >= 11 is 0. The van der Waals surface area contributed by atoms with Gasteiger partial charge in [0.05, 0.1) is 19.3 Å². The highest BCUT2D eigenvalue weighted by Crippen LogP contribution is 2.34. The standard InChI is InChI=1S/C17H16FNO3/c1-22-13-7-4-11-8-15(20)16(14(11)9-13)19-17(21)10-2-5-12(18)6-3-10/h2-7,9,15-16,20H,8H2,1H3,(H,19,21)/t15-,16+/m0/s1. The van der Waals surface area contributed by atoms with E-state index in [0.717, 1.165) is 11.1 Å². The fraction of sp³-hybridized carbons (Fsp3) is 0.235. The van der Waals surface area contributed by atoms with Crippen LogP contribution in [0, 0.1) is 5.82 Å². The Morgan fingerprint density at radius 3 is 2.68 bits per heavy atom. The molecule has 3 rings (SSSR count). The van der Waals surface area contributed by atoms with E-state index in [1.165, 1.54) is 24.3 Å². The lowest BCUT2D eigenvalue weighted by molar-refractivity contribution is 0.0858. The third-order valence-corrected chi connectivity index (χ3v) is 3.89. The summed E-state index contributed by atoms with van der Waals surface area (Å²) in [6.07, 6.45) is -0.209. The lowest BCUT2D eigenvalue weighted by Crippen LogP contribution is -2.33. The highest BCUT2D eigenvalue weighted by Gasteiger charge is 2.32. The van der Waals surface area contributed by atoms with E-state index < -0.39 is 18.0 Å². The third-order valence-electron chi connectivity index (χ3n) is 3.89. The van der Waals surface area contributed by atoms with E-state index in [9.17, 15) is 14.3 Å². The number of amides is 1. The van der Waals surface area contributed by atoms with Crippen LogP contribution in [0.15, 0.2) is 42.5 Å². The van der Waals surface area contributed by atoms with Crippen LogP contribution in [0.1, 0.15) is 27.5 Å². The molecule has 0 aliphatic heterocycles. The predicted octanol–water partition coefficient (Wildman–Crippen LogP) is 2.22. The molecule has 0 spiro atoms. The smallest absolute Gasteiger partial charge is 0.251 e. The number of aliphatic hydroxyl groups excluding tert-OH is 1. The first-order valence-electron chi connectivity index (χ1n) is 7.00. The monoisotopic (exact) mass is 301 g/mol. The van der Waals surface area contributed by atoms with E-state index in [4.69, 9.17) is 4.74 Å². The number of benzene rings is 2. The third kappa shape index (κ3) is 2.67. The molecule has 0 heterocycles. The molecule has 0 fully saturated rings. The van der Waals surface area contributed by atoms with Gasteiger partial charge in [0.25, 0.3) is 5.91 Å². The number of carbonyl (C=O) groups excluding carboxylic acids is 1. The van der Waals surface area contributed by atoms with Gasteiger partial charge in [-0.25, -0.2) is 4.39 Å². The van der Waals surface area contributed by atoms with Crippen LogP contribution >= 0.6 is 0 Å². The van der Waals surface area contributed by atoms with Crippen molar-refractivity contribution in [3.8, 4) is 5.75 Å². The maximum Gasteiger partial charge on any atom is 0.251 e. The molecule has 0 aromatic heterocycles. The van der Waals surface area contributed by atoms with Crippen molar-refractivity contribution < 1.29 is 19.0 Å². The number of halogens is 1. The Morgan fingerprint density at radius 2 is 2.00 bits per heavy atom. The number of rotatable bonds is 3. The van der Waals surface area contributed by atoms with E-state index in [2.05, 4.69) is 5.32 Å². The lowest BCUT2D eigenvalue weighted by Gasteiger charge is -2.18. The average molecular weight is 301 g/mol. The zero-order valence-electron chi connectivity index (χ0n) is 12.0. The van der Waals surface area contributed by atoms with Gasteiger partial charge >= 0.3 is 0 Å². The molecule has 0 radical (unpaired) electrons.